The molecule has 1 saturated carbocycles. The Morgan fingerprint density at radius 1 is 0.798 bits per heavy atom. The topological polar surface area (TPSA) is 394 Å². The smallest absolute Gasteiger partial charge is 0.415 e. The van der Waals surface area contributed by atoms with Crippen LogP contribution < -0.4 is 72.9 Å². The minimum atomic E-state index is -1.07. The molecule has 1 spiro atoms. The van der Waals surface area contributed by atoms with Gasteiger partial charge in [-0.2, -0.15) is 0 Å². The second kappa shape index (κ2) is 32.3. The quantitative estimate of drug-likeness (QED) is 0.00853. The third-order valence-corrected chi connectivity index (χ3v) is 18.3. The van der Waals surface area contributed by atoms with E-state index < -0.39 is 83.6 Å². The van der Waals surface area contributed by atoms with Gasteiger partial charge >= 0.3 is 18.2 Å². The van der Waals surface area contributed by atoms with Crippen LogP contribution >= 0.6 is 0 Å². The molecule has 504 valence electrons. The van der Waals surface area contributed by atoms with Crippen molar-refractivity contribution in [2.45, 2.75) is 127 Å². The summed E-state index contributed by atoms with van der Waals surface area (Å²) < 4.78 is 36.0. The van der Waals surface area contributed by atoms with Gasteiger partial charge in [-0.3, -0.25) is 35.3 Å². The molecule has 2 bridgehead atoms. The Bertz CT molecular complexity index is 3390. The Kier molecular flexibility index (Phi) is 23.6. The molecule has 5 aliphatic rings. The van der Waals surface area contributed by atoms with E-state index in [0.29, 0.717) is 84.9 Å². The summed E-state index contributed by atoms with van der Waals surface area (Å²) in [6, 6.07) is 23.0. The van der Waals surface area contributed by atoms with Gasteiger partial charge < -0.3 is 87.1 Å². The number of ether oxygens (including phenoxy) is 6. The third-order valence-electron chi connectivity index (χ3n) is 18.3. The van der Waals surface area contributed by atoms with E-state index in [4.69, 9.17) is 50.7 Å². The van der Waals surface area contributed by atoms with Crippen LogP contribution in [-0.2, 0) is 47.1 Å². The molecule has 0 radical (unpaired) electrons. The molecule has 9 rings (SSSR count). The summed E-state index contributed by atoms with van der Waals surface area (Å²) in [5.41, 5.74) is 14.4. The van der Waals surface area contributed by atoms with Crippen molar-refractivity contribution in [2.75, 3.05) is 58.3 Å². The predicted octanol–water partition coefficient (Wildman–Crippen LogP) is 4.51. The van der Waals surface area contributed by atoms with Crippen LogP contribution in [0.1, 0.15) is 105 Å². The molecule has 6 amide bonds. The van der Waals surface area contributed by atoms with Crippen molar-refractivity contribution in [1.29, 1.82) is 10.8 Å². The number of carbonyl (C=O) groups is 7. The molecule has 2 aliphatic heterocycles. The molecular formula is C67H87N13O14. The second-order valence-corrected chi connectivity index (χ2v) is 24.5. The number of alkyl carbamates (subject to hydrolysis) is 1. The van der Waals surface area contributed by atoms with Crippen LogP contribution in [-0.4, -0.2) is 147 Å². The summed E-state index contributed by atoms with van der Waals surface area (Å²) in [6.45, 7) is 3.95. The van der Waals surface area contributed by atoms with Crippen molar-refractivity contribution in [3.63, 3.8) is 0 Å². The largest absolute Gasteiger partial charge is 0.493 e. The maximum absolute atomic E-state index is 14.8. The Morgan fingerprint density at radius 3 is 2.27 bits per heavy atom. The molecule has 0 aromatic heterocycles. The number of methoxy groups -OCH3 is 1. The van der Waals surface area contributed by atoms with E-state index in [9.17, 15) is 38.7 Å². The van der Waals surface area contributed by atoms with Crippen LogP contribution in [0.5, 0.6) is 23.0 Å². The highest BCUT2D eigenvalue weighted by Crippen LogP contribution is 2.67. The van der Waals surface area contributed by atoms with E-state index in [-0.39, 0.29) is 88.6 Å². The molecule has 4 aromatic rings. The fourth-order valence-corrected chi connectivity index (χ4v) is 13.6. The van der Waals surface area contributed by atoms with Crippen molar-refractivity contribution < 1.29 is 67.1 Å². The van der Waals surface area contributed by atoms with E-state index in [0.717, 1.165) is 30.4 Å². The molecule has 27 nitrogen and oxygen atoms in total. The maximum atomic E-state index is 14.8. The van der Waals surface area contributed by atoms with Crippen LogP contribution in [0, 0.1) is 34.5 Å². The van der Waals surface area contributed by atoms with Crippen LogP contribution in [0.4, 0.5) is 15.3 Å². The Hall–Kier alpha value is -9.63. The first kappa shape index (κ1) is 68.7. The number of nitrogens with one attached hydrogen (secondary N) is 10. The highest BCUT2D eigenvalue weighted by atomic mass is 16.6. The molecule has 10 atom stereocenters. The summed E-state index contributed by atoms with van der Waals surface area (Å²) in [5.74, 6) is 0.125. The number of unbranched alkanes of at least 4 members (excludes halogenated alkanes) is 1. The Labute approximate surface area is 545 Å². The summed E-state index contributed by atoms with van der Waals surface area (Å²) in [5, 5.41) is 48.9. The summed E-state index contributed by atoms with van der Waals surface area (Å²) >= 11 is 0. The molecule has 3 aliphatic carbocycles. The number of nitrogens with two attached hydrogens (primary N) is 2. The first-order valence-corrected chi connectivity index (χ1v) is 32.1. The maximum Gasteiger partial charge on any atom is 0.415 e. The number of piperidine rings is 1. The number of guanidine groups is 2. The van der Waals surface area contributed by atoms with Gasteiger partial charge in [-0.1, -0.05) is 43.3 Å². The van der Waals surface area contributed by atoms with Crippen molar-refractivity contribution in [3.05, 3.63) is 125 Å². The van der Waals surface area contributed by atoms with Gasteiger partial charge in [0.2, 0.25) is 23.6 Å². The summed E-state index contributed by atoms with van der Waals surface area (Å²) in [7, 11) is 1.62. The van der Waals surface area contributed by atoms with Gasteiger partial charge in [0, 0.05) is 49.1 Å². The second-order valence-electron chi connectivity index (χ2n) is 24.5. The Morgan fingerprint density at radius 2 is 1.53 bits per heavy atom. The van der Waals surface area contributed by atoms with E-state index >= 15 is 0 Å². The molecule has 94 heavy (non-hydrogen) atoms. The first-order chi connectivity index (χ1) is 45.3. The lowest BCUT2D eigenvalue weighted by Gasteiger charge is -2.56. The number of amides is 6. The number of carbonyl (C=O) groups excluding carboxylic acids is 7. The van der Waals surface area contributed by atoms with Gasteiger partial charge in [-0.15, -0.1) is 0 Å². The third kappa shape index (κ3) is 17.5. The van der Waals surface area contributed by atoms with Gasteiger partial charge in [0.15, 0.2) is 29.5 Å². The lowest BCUT2D eigenvalue weighted by Crippen LogP contribution is -2.58. The number of likely N-dealkylation sites (tertiary alicyclic amines) is 1. The SMILES string of the molecule is COc1ccc2c3c1O[C@H]1C(OC(=O)N4CCC(C(O)NCCCC[C@H](NC(=O)OCc5ccccc5)C(=O)NCCOc5ccc(C(=O)Oc6ccc(NC(=N)N)cc6)cc5)CC4CNC(=O)[C@H](CCCNC(=N)N)NC(=O)CNC(C)=O)=CC[C@H]4[C@@H](C2)C(C)CC[C@]314. The minimum absolute atomic E-state index is 0.0191. The zero-order valence-electron chi connectivity index (χ0n) is 53.2. The molecule has 1 saturated heterocycles. The lowest BCUT2D eigenvalue weighted by atomic mass is 9.47. The predicted molar refractivity (Wildman–Crippen MR) is 347 cm³/mol. The van der Waals surface area contributed by atoms with Gasteiger partial charge in [-0.05, 0) is 167 Å². The van der Waals surface area contributed by atoms with Crippen LogP contribution in [0.2, 0.25) is 0 Å². The van der Waals surface area contributed by atoms with Gasteiger partial charge in [0.1, 0.15) is 48.8 Å². The van der Waals surface area contributed by atoms with Crippen LogP contribution in [0.3, 0.4) is 0 Å². The number of allylic oxidation sites excluding steroid dienone is 1. The molecule has 4 unspecified atom stereocenters. The van der Waals surface area contributed by atoms with Gasteiger partial charge in [-0.25, -0.2) is 14.4 Å². The highest BCUT2D eigenvalue weighted by molar-refractivity contribution is 5.92. The highest BCUT2D eigenvalue weighted by Gasteiger charge is 2.65. The van der Waals surface area contributed by atoms with E-state index in [1.807, 2.05) is 42.5 Å². The minimum Gasteiger partial charge on any atom is -0.493 e. The van der Waals surface area contributed by atoms with Crippen molar-refractivity contribution in [2.24, 2.45) is 35.1 Å². The van der Waals surface area contributed by atoms with Crippen LogP contribution in [0.25, 0.3) is 0 Å². The average molecular weight is 1300 g/mol. The molecular weight excluding hydrogens is 1210 g/mol. The molecule has 2 heterocycles. The molecule has 4 aromatic carbocycles. The molecule has 15 N–H and O–H groups in total. The van der Waals surface area contributed by atoms with Gasteiger partial charge in [0.05, 0.1) is 31.8 Å². The number of nitrogens with zero attached hydrogens (tertiary/aromatic N) is 1. The molecule has 27 heteroatoms. The number of aliphatic hydroxyl groups excluding tert-OH is 1. The number of esters is 1. The fourth-order valence-electron chi connectivity index (χ4n) is 13.6. The number of hydrogen-bond donors (Lipinski definition) is 13. The number of aliphatic hydroxyl groups is 1. The monoisotopic (exact) mass is 1300 g/mol. The van der Waals surface area contributed by atoms with Crippen LogP contribution in [0.15, 0.2) is 103 Å². The number of rotatable bonds is 30. The fraction of sp³-hybridized carbons (Fsp3) is 0.478. The van der Waals surface area contributed by atoms with Crippen molar-refractivity contribution in [3.8, 4) is 23.0 Å². The summed E-state index contributed by atoms with van der Waals surface area (Å²) in [4.78, 5) is 94.8. The normalized spacial score (nSPS) is 21.3. The standard InChI is InChI=1S/C67H87N13O14/c1-39-26-28-67-50-23-25-54(58(67)94-57-53(89-3)24-16-43(56(57)67)35-49(39)50)93-66(88)80-32-27-44(34-46(80)36-76-61(85)51(13-9-30-74-63(68)69)78-55(82)37-75-40(2)81)59(83)72-29-8-7-12-52(79-65(87)91-38-41-10-5-4-6-11-41)60(84)73-31-33-90-47-19-14-42(15-20-47)62(86)92-48-21-17-45(18-22-48)77-64(70)71/h4-6,10-11,14-22,24-25,39,44,46,49-52,58-59,72,83H,7-9,12-13,23,26-38H2,1-3H3,(H,73,84)(H,75,81)(H,76,85)(H,78,82)(H,79,87)(H4,68,69,74)(H4,70,71,77)/t39?,44?,46?,49-,50-,51-,52-,58-,59?,67-/m0/s1. The zero-order chi connectivity index (χ0) is 66.9. The van der Waals surface area contributed by atoms with Gasteiger partial charge in [0.25, 0.3) is 0 Å². The van der Waals surface area contributed by atoms with Crippen molar-refractivity contribution >= 4 is 59.4 Å². The van der Waals surface area contributed by atoms with E-state index in [1.54, 1.807) is 60.5 Å². The zero-order valence-corrected chi connectivity index (χ0v) is 53.2. The van der Waals surface area contributed by atoms with Crippen molar-refractivity contribution in [1.82, 2.24) is 42.1 Å². The number of anilines is 1. The number of benzene rings is 4. The molecule has 2 fully saturated rings. The summed E-state index contributed by atoms with van der Waals surface area (Å²) in [6.07, 6.45) is 4.59. The van der Waals surface area contributed by atoms with E-state index in [1.165, 1.54) is 12.5 Å². The Balaban J connectivity index is 0.814. The average Bonchev–Trinajstić information content (AvgIpc) is 1.47. The lowest BCUT2D eigenvalue weighted by molar-refractivity contribution is -0.129. The van der Waals surface area contributed by atoms with E-state index in [2.05, 4.69) is 55.5 Å². The first-order valence-electron chi connectivity index (χ1n) is 32.1. The number of hydrogen-bond acceptors (Lipinski definition) is 17.